The number of carbonyl (C=O) groups is 1. The van der Waals surface area contributed by atoms with Crippen LogP contribution in [0.25, 0.3) is 22.5 Å². The van der Waals surface area contributed by atoms with Gasteiger partial charge in [0.2, 0.25) is 0 Å². The van der Waals surface area contributed by atoms with Crippen LogP contribution in [0, 0.1) is 5.92 Å². The van der Waals surface area contributed by atoms with Gasteiger partial charge in [-0.2, -0.15) is 10.2 Å². The molecule has 8 nitrogen and oxygen atoms in total. The van der Waals surface area contributed by atoms with Gasteiger partial charge in [0, 0.05) is 30.6 Å². The van der Waals surface area contributed by atoms with Crippen LogP contribution >= 0.6 is 0 Å². The highest BCUT2D eigenvalue weighted by Crippen LogP contribution is 2.40. The van der Waals surface area contributed by atoms with Crippen molar-refractivity contribution in [1.82, 2.24) is 25.3 Å². The van der Waals surface area contributed by atoms with Crippen LogP contribution in [0.1, 0.15) is 35.7 Å². The first-order valence-electron chi connectivity index (χ1n) is 9.83. The lowest BCUT2D eigenvalue weighted by Gasteiger charge is -2.24. The van der Waals surface area contributed by atoms with Crippen LogP contribution in [-0.2, 0) is 16.4 Å². The minimum absolute atomic E-state index is 0.0744. The number of rotatable bonds is 5. The summed E-state index contributed by atoms with van der Waals surface area (Å²) in [6, 6.07) is 7.19. The smallest absolute Gasteiger partial charge is 0.256 e. The van der Waals surface area contributed by atoms with Crippen LogP contribution in [0.5, 0.6) is 0 Å². The number of hydrogen-bond acceptors (Lipinski definition) is 6. The molecule has 30 heavy (non-hydrogen) atoms. The molecule has 1 unspecified atom stereocenters. The summed E-state index contributed by atoms with van der Waals surface area (Å²) in [7, 11) is -3.60. The molecule has 1 aliphatic heterocycles. The Labute approximate surface area is 174 Å². The van der Waals surface area contributed by atoms with E-state index in [1.807, 2.05) is 24.0 Å². The van der Waals surface area contributed by atoms with E-state index in [2.05, 4.69) is 20.4 Å². The van der Waals surface area contributed by atoms with Crippen LogP contribution in [0.15, 0.2) is 41.6 Å². The molecule has 1 atom stereocenters. The molecule has 0 spiro atoms. The van der Waals surface area contributed by atoms with Crippen molar-refractivity contribution in [3.05, 3.63) is 47.8 Å². The lowest BCUT2D eigenvalue weighted by atomic mass is 10.0. The Hall–Kier alpha value is -3.07. The van der Waals surface area contributed by atoms with Crippen LogP contribution in [0.2, 0.25) is 0 Å². The van der Waals surface area contributed by atoms with Gasteiger partial charge in [-0.15, -0.1) is 5.10 Å². The molecule has 1 aliphatic carbocycles. The standard InChI is InChI=1S/C21H21N5O3S/c1-12(13-3-4-13)26-11-16-7-14(9-19(30(2,28)29)20(16)21(26)27)15-8-18(25-23-10-15)17-5-6-22-24-17/h5-10,12-13H,3-4,11H2,1-2H3,(H,22,24). The maximum absolute atomic E-state index is 13.1. The van der Waals surface area contributed by atoms with E-state index in [1.165, 1.54) is 0 Å². The second-order valence-corrected chi connectivity index (χ2v) is 10.1. The molecule has 3 heterocycles. The van der Waals surface area contributed by atoms with Crippen molar-refractivity contribution in [2.45, 2.75) is 37.2 Å². The SMILES string of the molecule is CC(C1CC1)N1Cc2cc(-c3cnnc(-c4ccn[nH]4)c3)cc(S(C)(=O)=O)c2C1=O. The molecule has 0 radical (unpaired) electrons. The van der Waals surface area contributed by atoms with Gasteiger partial charge >= 0.3 is 0 Å². The molecule has 154 valence electrons. The second-order valence-electron chi connectivity index (χ2n) is 8.09. The van der Waals surface area contributed by atoms with Crippen molar-refractivity contribution >= 4 is 15.7 Å². The molecule has 5 rings (SSSR count). The van der Waals surface area contributed by atoms with Crippen molar-refractivity contribution in [3.63, 3.8) is 0 Å². The van der Waals surface area contributed by atoms with Gasteiger partial charge in [-0.3, -0.25) is 9.89 Å². The van der Waals surface area contributed by atoms with Gasteiger partial charge in [0.1, 0.15) is 5.69 Å². The maximum atomic E-state index is 13.1. The molecule has 1 N–H and O–H groups in total. The van der Waals surface area contributed by atoms with Gasteiger partial charge in [0.25, 0.3) is 5.91 Å². The van der Waals surface area contributed by atoms with Crippen molar-refractivity contribution in [1.29, 1.82) is 0 Å². The van der Waals surface area contributed by atoms with E-state index in [0.29, 0.717) is 35.0 Å². The van der Waals surface area contributed by atoms with Crippen LogP contribution < -0.4 is 0 Å². The number of fused-ring (bicyclic) bond motifs is 1. The van der Waals surface area contributed by atoms with E-state index in [4.69, 9.17) is 0 Å². The third kappa shape index (κ3) is 3.19. The number of aromatic nitrogens is 4. The molecule has 1 amide bonds. The molecule has 3 aromatic rings. The summed E-state index contributed by atoms with van der Waals surface area (Å²) >= 11 is 0. The predicted molar refractivity (Wildman–Crippen MR) is 110 cm³/mol. The summed E-state index contributed by atoms with van der Waals surface area (Å²) in [5, 5.41) is 15.0. The molecule has 1 aromatic carbocycles. The average molecular weight is 423 g/mol. The number of carbonyl (C=O) groups excluding carboxylic acids is 1. The molecule has 2 aliphatic rings. The summed E-state index contributed by atoms with van der Waals surface area (Å²) in [6.07, 6.45) is 6.60. The predicted octanol–water partition coefficient (Wildman–Crippen LogP) is 2.69. The van der Waals surface area contributed by atoms with Gasteiger partial charge in [-0.1, -0.05) is 0 Å². The number of nitrogens with zero attached hydrogens (tertiary/aromatic N) is 4. The first-order valence-corrected chi connectivity index (χ1v) is 11.7. The van der Waals surface area contributed by atoms with E-state index < -0.39 is 9.84 Å². The van der Waals surface area contributed by atoms with Gasteiger partial charge in [-0.25, -0.2) is 8.42 Å². The zero-order chi connectivity index (χ0) is 21.0. The zero-order valence-corrected chi connectivity index (χ0v) is 17.5. The first-order chi connectivity index (χ1) is 14.3. The first kappa shape index (κ1) is 18.9. The Balaban J connectivity index is 1.62. The third-order valence-electron chi connectivity index (χ3n) is 5.96. The maximum Gasteiger partial charge on any atom is 0.256 e. The van der Waals surface area contributed by atoms with Crippen LogP contribution in [0.3, 0.4) is 0 Å². The second kappa shape index (κ2) is 6.73. The summed E-state index contributed by atoms with van der Waals surface area (Å²) in [5.41, 5.74) is 3.79. The molecular formula is C21H21N5O3S. The van der Waals surface area contributed by atoms with E-state index in [1.54, 1.807) is 24.5 Å². The van der Waals surface area contributed by atoms with Gasteiger partial charge in [-0.05, 0) is 61.1 Å². The highest BCUT2D eigenvalue weighted by atomic mass is 32.2. The Bertz CT molecular complexity index is 1250. The highest BCUT2D eigenvalue weighted by Gasteiger charge is 2.40. The number of nitrogens with one attached hydrogen (secondary N) is 1. The number of sulfone groups is 1. The number of hydrogen-bond donors (Lipinski definition) is 1. The van der Waals surface area contributed by atoms with Gasteiger partial charge in [0.15, 0.2) is 9.84 Å². The average Bonchev–Trinajstić information content (AvgIpc) is 3.32. The minimum atomic E-state index is -3.60. The van der Waals surface area contributed by atoms with Gasteiger partial charge in [0.05, 0.1) is 22.3 Å². The molecular weight excluding hydrogens is 402 g/mol. The molecule has 0 bridgehead atoms. The number of aromatic amines is 1. The minimum Gasteiger partial charge on any atom is -0.331 e. The summed E-state index contributed by atoms with van der Waals surface area (Å²) in [5.74, 6) is 0.313. The summed E-state index contributed by atoms with van der Waals surface area (Å²) in [6.45, 7) is 2.47. The fourth-order valence-corrected chi connectivity index (χ4v) is 5.05. The van der Waals surface area contributed by atoms with Gasteiger partial charge < -0.3 is 4.90 Å². The molecule has 2 aromatic heterocycles. The Morgan fingerprint density at radius 2 is 2.00 bits per heavy atom. The van der Waals surface area contributed by atoms with Crippen molar-refractivity contribution in [2.75, 3.05) is 6.26 Å². The highest BCUT2D eigenvalue weighted by molar-refractivity contribution is 7.90. The zero-order valence-electron chi connectivity index (χ0n) is 16.7. The number of benzene rings is 1. The topological polar surface area (TPSA) is 109 Å². The van der Waals surface area contributed by atoms with Crippen molar-refractivity contribution in [3.8, 4) is 22.5 Å². The monoisotopic (exact) mass is 423 g/mol. The number of amides is 1. The molecule has 1 saturated carbocycles. The Morgan fingerprint density at radius 3 is 2.67 bits per heavy atom. The van der Waals surface area contributed by atoms with E-state index in [-0.39, 0.29) is 16.8 Å². The molecule has 9 heteroatoms. The van der Waals surface area contributed by atoms with Crippen LogP contribution in [-0.4, -0.2) is 51.9 Å². The Morgan fingerprint density at radius 1 is 1.20 bits per heavy atom. The summed E-state index contributed by atoms with van der Waals surface area (Å²) in [4.78, 5) is 15.0. The largest absolute Gasteiger partial charge is 0.331 e. The van der Waals surface area contributed by atoms with Crippen LogP contribution in [0.4, 0.5) is 0 Å². The summed E-state index contributed by atoms with van der Waals surface area (Å²) < 4.78 is 25.2. The molecule has 0 saturated heterocycles. The van der Waals surface area contributed by atoms with E-state index in [0.717, 1.165) is 30.2 Å². The fraction of sp³-hybridized carbons (Fsp3) is 0.333. The number of H-pyrrole nitrogens is 1. The lowest BCUT2D eigenvalue weighted by Crippen LogP contribution is -2.35. The molecule has 1 fully saturated rings. The lowest BCUT2D eigenvalue weighted by molar-refractivity contribution is 0.0694. The van der Waals surface area contributed by atoms with Crippen molar-refractivity contribution in [2.24, 2.45) is 5.92 Å². The van der Waals surface area contributed by atoms with Crippen molar-refractivity contribution < 1.29 is 13.2 Å². The normalized spacial score (nSPS) is 17.3. The Kier molecular flexibility index (Phi) is 4.25. The van der Waals surface area contributed by atoms with E-state index >= 15 is 0 Å². The third-order valence-corrected chi connectivity index (χ3v) is 7.08. The quantitative estimate of drug-likeness (QED) is 0.676. The fourth-order valence-electron chi connectivity index (χ4n) is 4.12. The van der Waals surface area contributed by atoms with E-state index in [9.17, 15) is 13.2 Å².